The average Bonchev–Trinajstić information content (AvgIpc) is 2.43. The van der Waals surface area contributed by atoms with Crippen LogP contribution in [0.1, 0.15) is 15.9 Å². The van der Waals surface area contributed by atoms with Gasteiger partial charge >= 0.3 is 0 Å². The number of methoxy groups -OCH3 is 1. The first kappa shape index (κ1) is 13.7. The van der Waals surface area contributed by atoms with Crippen LogP contribution in [-0.2, 0) is 0 Å². The van der Waals surface area contributed by atoms with Gasteiger partial charge in [-0.15, -0.1) is 0 Å². The van der Waals surface area contributed by atoms with Gasteiger partial charge in [0.15, 0.2) is 0 Å². The normalized spacial score (nSPS) is 10.1. The zero-order valence-corrected chi connectivity index (χ0v) is 11.3. The quantitative estimate of drug-likeness (QED) is 0.750. The number of phenolic OH excluding ortho intramolecular Hbond substituents is 1. The van der Waals surface area contributed by atoms with Crippen LogP contribution in [0.4, 0.5) is 11.4 Å². The molecule has 0 radical (unpaired) electrons. The molecule has 0 aliphatic heterocycles. The molecule has 0 aliphatic rings. The molecule has 0 atom stereocenters. The van der Waals surface area contributed by atoms with Crippen LogP contribution in [0.5, 0.6) is 11.5 Å². The fraction of sp³-hybridized carbons (Fsp3) is 0.133. The Balaban J connectivity index is 2.25. The number of benzene rings is 2. The molecule has 2 aromatic rings. The van der Waals surface area contributed by atoms with Crippen molar-refractivity contribution in [3.8, 4) is 11.5 Å². The van der Waals surface area contributed by atoms with Crippen LogP contribution in [0.15, 0.2) is 36.4 Å². The molecule has 20 heavy (non-hydrogen) atoms. The first-order valence-corrected chi connectivity index (χ1v) is 6.05. The SMILES string of the molecule is COc1cc(NC(=O)c2cc(C)ccc2O)ccc1N. The number of carbonyl (C=O) groups excluding carboxylic acids is 1. The third-order valence-electron chi connectivity index (χ3n) is 2.89. The van der Waals surface area contributed by atoms with Crippen molar-refractivity contribution >= 4 is 17.3 Å². The molecule has 2 rings (SSSR count). The Morgan fingerprint density at radius 1 is 1.25 bits per heavy atom. The zero-order valence-electron chi connectivity index (χ0n) is 11.3. The van der Waals surface area contributed by atoms with Gasteiger partial charge in [0.05, 0.1) is 18.4 Å². The van der Waals surface area contributed by atoms with Gasteiger partial charge in [0.25, 0.3) is 5.91 Å². The number of phenols is 1. The number of hydrogen-bond donors (Lipinski definition) is 3. The highest BCUT2D eigenvalue weighted by Gasteiger charge is 2.12. The van der Waals surface area contributed by atoms with E-state index < -0.39 is 5.91 Å². The molecule has 0 heterocycles. The van der Waals surface area contributed by atoms with Crippen molar-refractivity contribution in [2.24, 2.45) is 0 Å². The standard InChI is InChI=1S/C15H16N2O3/c1-9-3-6-13(18)11(7-9)15(19)17-10-4-5-12(16)14(8-10)20-2/h3-8,18H,16H2,1-2H3,(H,17,19). The number of rotatable bonds is 3. The largest absolute Gasteiger partial charge is 0.507 e. The molecular weight excluding hydrogens is 256 g/mol. The van der Waals surface area contributed by atoms with Crippen LogP contribution in [0.25, 0.3) is 0 Å². The van der Waals surface area contributed by atoms with Crippen LogP contribution in [0.2, 0.25) is 0 Å². The molecule has 104 valence electrons. The fourth-order valence-electron chi connectivity index (χ4n) is 1.82. The van der Waals surface area contributed by atoms with E-state index in [4.69, 9.17) is 10.5 Å². The summed E-state index contributed by atoms with van der Waals surface area (Å²) in [4.78, 5) is 12.1. The molecule has 0 aromatic heterocycles. The van der Waals surface area contributed by atoms with Crippen molar-refractivity contribution in [3.63, 3.8) is 0 Å². The van der Waals surface area contributed by atoms with Gasteiger partial charge in [-0.05, 0) is 31.2 Å². The molecule has 0 fully saturated rings. The number of nitrogen functional groups attached to an aromatic ring is 1. The highest BCUT2D eigenvalue weighted by Crippen LogP contribution is 2.26. The van der Waals surface area contributed by atoms with E-state index in [9.17, 15) is 9.90 Å². The van der Waals surface area contributed by atoms with Crippen molar-refractivity contribution in [1.82, 2.24) is 0 Å². The highest BCUT2D eigenvalue weighted by molar-refractivity contribution is 6.06. The number of aryl methyl sites for hydroxylation is 1. The second-order valence-electron chi connectivity index (χ2n) is 4.43. The molecule has 0 aliphatic carbocycles. The number of ether oxygens (including phenoxy) is 1. The minimum Gasteiger partial charge on any atom is -0.507 e. The van der Waals surface area contributed by atoms with E-state index in [-0.39, 0.29) is 11.3 Å². The van der Waals surface area contributed by atoms with Gasteiger partial charge in [0.2, 0.25) is 0 Å². The van der Waals surface area contributed by atoms with Gasteiger partial charge in [0, 0.05) is 11.8 Å². The summed E-state index contributed by atoms with van der Waals surface area (Å²) >= 11 is 0. The molecule has 0 spiro atoms. The molecule has 1 amide bonds. The predicted octanol–water partition coefficient (Wildman–Crippen LogP) is 2.54. The molecule has 5 heteroatoms. The Bertz CT molecular complexity index is 654. The topological polar surface area (TPSA) is 84.6 Å². The summed E-state index contributed by atoms with van der Waals surface area (Å²) < 4.78 is 5.09. The Kier molecular flexibility index (Phi) is 3.79. The van der Waals surface area contributed by atoms with Gasteiger partial charge in [-0.2, -0.15) is 0 Å². The molecular formula is C15H16N2O3. The second-order valence-corrected chi connectivity index (χ2v) is 4.43. The van der Waals surface area contributed by atoms with E-state index in [0.717, 1.165) is 5.56 Å². The van der Waals surface area contributed by atoms with E-state index in [1.807, 2.05) is 6.92 Å². The first-order chi connectivity index (χ1) is 9.51. The monoisotopic (exact) mass is 272 g/mol. The van der Waals surface area contributed by atoms with E-state index in [1.165, 1.54) is 13.2 Å². The summed E-state index contributed by atoms with van der Waals surface area (Å²) in [5, 5.41) is 12.4. The fourth-order valence-corrected chi connectivity index (χ4v) is 1.82. The predicted molar refractivity (Wildman–Crippen MR) is 78.2 cm³/mol. The second kappa shape index (κ2) is 5.52. The van der Waals surface area contributed by atoms with Crippen LogP contribution in [-0.4, -0.2) is 18.1 Å². The van der Waals surface area contributed by atoms with Crippen molar-refractivity contribution < 1.29 is 14.6 Å². The van der Waals surface area contributed by atoms with Gasteiger partial charge in [-0.3, -0.25) is 4.79 Å². The van der Waals surface area contributed by atoms with E-state index in [1.54, 1.807) is 30.3 Å². The summed E-state index contributed by atoms with van der Waals surface area (Å²) in [6, 6.07) is 9.79. The van der Waals surface area contributed by atoms with Gasteiger partial charge in [-0.1, -0.05) is 11.6 Å². The van der Waals surface area contributed by atoms with Gasteiger partial charge in [-0.25, -0.2) is 0 Å². The van der Waals surface area contributed by atoms with Gasteiger partial charge in [0.1, 0.15) is 11.5 Å². The van der Waals surface area contributed by atoms with Crippen molar-refractivity contribution in [2.45, 2.75) is 6.92 Å². The van der Waals surface area contributed by atoms with Crippen molar-refractivity contribution in [1.29, 1.82) is 0 Å². The molecule has 5 nitrogen and oxygen atoms in total. The number of amides is 1. The maximum Gasteiger partial charge on any atom is 0.259 e. The lowest BCUT2D eigenvalue weighted by Crippen LogP contribution is -2.12. The Morgan fingerprint density at radius 2 is 2.00 bits per heavy atom. The van der Waals surface area contributed by atoms with E-state index in [2.05, 4.69) is 5.32 Å². The average molecular weight is 272 g/mol. The Morgan fingerprint density at radius 3 is 2.70 bits per heavy atom. The minimum atomic E-state index is -0.391. The highest BCUT2D eigenvalue weighted by atomic mass is 16.5. The van der Waals surface area contributed by atoms with Crippen LogP contribution in [0, 0.1) is 6.92 Å². The van der Waals surface area contributed by atoms with Crippen LogP contribution in [0.3, 0.4) is 0 Å². The molecule has 0 bridgehead atoms. The number of carbonyl (C=O) groups is 1. The summed E-state index contributed by atoms with van der Waals surface area (Å²) in [5.41, 5.74) is 7.86. The van der Waals surface area contributed by atoms with Crippen LogP contribution < -0.4 is 15.8 Å². The molecule has 2 aromatic carbocycles. The third-order valence-corrected chi connectivity index (χ3v) is 2.89. The molecule has 4 N–H and O–H groups in total. The zero-order chi connectivity index (χ0) is 14.7. The van der Waals surface area contributed by atoms with Crippen molar-refractivity contribution in [3.05, 3.63) is 47.5 Å². The van der Waals surface area contributed by atoms with E-state index >= 15 is 0 Å². The molecule has 0 saturated heterocycles. The summed E-state index contributed by atoms with van der Waals surface area (Å²) in [6.07, 6.45) is 0. The first-order valence-electron chi connectivity index (χ1n) is 6.05. The maximum absolute atomic E-state index is 12.1. The summed E-state index contributed by atoms with van der Waals surface area (Å²) in [5.74, 6) is 0.0322. The Hall–Kier alpha value is -2.69. The van der Waals surface area contributed by atoms with E-state index in [0.29, 0.717) is 17.1 Å². The third kappa shape index (κ3) is 2.83. The minimum absolute atomic E-state index is 0.0597. The summed E-state index contributed by atoms with van der Waals surface area (Å²) in [6.45, 7) is 1.85. The lowest BCUT2D eigenvalue weighted by Gasteiger charge is -2.10. The van der Waals surface area contributed by atoms with Crippen LogP contribution >= 0.6 is 0 Å². The van der Waals surface area contributed by atoms with Gasteiger partial charge < -0.3 is 20.9 Å². The Labute approximate surface area is 117 Å². The lowest BCUT2D eigenvalue weighted by molar-refractivity contribution is 0.102. The smallest absolute Gasteiger partial charge is 0.259 e. The number of nitrogens with one attached hydrogen (secondary N) is 1. The van der Waals surface area contributed by atoms with Crippen molar-refractivity contribution in [2.75, 3.05) is 18.2 Å². The summed E-state index contributed by atoms with van der Waals surface area (Å²) in [7, 11) is 1.50. The lowest BCUT2D eigenvalue weighted by atomic mass is 10.1. The number of anilines is 2. The maximum atomic E-state index is 12.1. The number of aromatic hydroxyl groups is 1. The number of hydrogen-bond acceptors (Lipinski definition) is 4. The number of nitrogens with two attached hydrogens (primary N) is 1. The molecule has 0 unspecified atom stereocenters. The molecule has 0 saturated carbocycles.